The van der Waals surface area contributed by atoms with Crippen molar-refractivity contribution in [1.82, 2.24) is 30.6 Å². The second-order valence-electron chi connectivity index (χ2n) is 17.2. The van der Waals surface area contributed by atoms with Crippen LogP contribution in [-0.4, -0.2) is 43.3 Å². The Morgan fingerprint density at radius 3 is 1.64 bits per heavy atom. The number of nitrogens with one attached hydrogen (secondary N) is 4. The Morgan fingerprint density at radius 1 is 0.620 bits per heavy atom. The maximum atomic E-state index is 12.7. The molecule has 10 nitrogen and oxygen atoms in total. The number of fused-ring (bicyclic) bond motifs is 2. The number of carbonyl (C=O) groups is 2. The molecule has 10 heteroatoms. The van der Waals surface area contributed by atoms with E-state index in [1.165, 1.54) is 0 Å². The molecule has 0 aliphatic rings. The fourth-order valence-electron chi connectivity index (χ4n) is 5.81. The van der Waals surface area contributed by atoms with E-state index in [4.69, 9.17) is 14.5 Å². The van der Waals surface area contributed by atoms with Crippen LogP contribution in [0.25, 0.3) is 44.2 Å². The van der Waals surface area contributed by atoms with Gasteiger partial charge in [0.1, 0.15) is 22.9 Å². The smallest absolute Gasteiger partial charge is 0.408 e. The summed E-state index contributed by atoms with van der Waals surface area (Å²) in [7, 11) is 0. The van der Waals surface area contributed by atoms with E-state index in [0.717, 1.165) is 44.2 Å². The SMILES string of the molecule is CC(C)(C)OC(=O)N[C@H](c1ncc(-c2ccc3cc(-c4ccc5nc([C@@H](NC(=O)OC(C)(C)C)C(C)(C)C)[nH]c5c4)ccc3c2)[nH]1)C(C)(C)C. The standard InChI is InChI=1S/C40H52N6O4/c1-37(2,3)31(45-35(47)49-39(7,8)9)33-41-22-30(44-33)27-16-15-23-19-24(13-14-25(23)20-27)26-17-18-28-29(21-26)43-34(42-28)32(38(4,5)6)46-36(48)50-40(10,11)12/h13-22,31-32H,1-12H3,(H,41,44)(H,42,43)(H,45,47)(H,46,48)/t31-,32-/m1/s1. The number of H-pyrrole nitrogens is 2. The number of rotatable bonds is 6. The summed E-state index contributed by atoms with van der Waals surface area (Å²) in [5.74, 6) is 1.35. The van der Waals surface area contributed by atoms with Crippen LogP contribution in [0.4, 0.5) is 9.59 Å². The number of imidazole rings is 2. The predicted octanol–water partition coefficient (Wildman–Crippen LogP) is 10.00. The number of ether oxygens (including phenoxy) is 2. The Kier molecular flexibility index (Phi) is 9.55. The minimum atomic E-state index is -0.600. The summed E-state index contributed by atoms with van der Waals surface area (Å²) >= 11 is 0. The minimum Gasteiger partial charge on any atom is -0.444 e. The molecule has 0 saturated heterocycles. The van der Waals surface area contributed by atoms with Crippen LogP contribution in [0.5, 0.6) is 0 Å². The predicted molar refractivity (Wildman–Crippen MR) is 200 cm³/mol. The Bertz CT molecular complexity index is 2010. The summed E-state index contributed by atoms with van der Waals surface area (Å²) < 4.78 is 11.1. The van der Waals surface area contributed by atoms with Gasteiger partial charge in [0.05, 0.1) is 35.0 Å². The molecule has 2 atom stereocenters. The molecule has 266 valence electrons. The summed E-state index contributed by atoms with van der Waals surface area (Å²) in [5, 5.41) is 8.21. The van der Waals surface area contributed by atoms with Gasteiger partial charge in [-0.25, -0.2) is 19.6 Å². The maximum absolute atomic E-state index is 12.7. The third kappa shape index (κ3) is 8.83. The number of carbonyl (C=O) groups excluding carboxylic acids is 2. The second-order valence-corrected chi connectivity index (χ2v) is 17.2. The molecule has 3 aromatic carbocycles. The van der Waals surface area contributed by atoms with E-state index in [1.54, 1.807) is 0 Å². The van der Waals surface area contributed by atoms with Crippen molar-refractivity contribution in [2.24, 2.45) is 10.8 Å². The highest BCUT2D eigenvalue weighted by Crippen LogP contribution is 2.36. The zero-order valence-corrected chi connectivity index (χ0v) is 31.5. The van der Waals surface area contributed by atoms with Crippen molar-refractivity contribution in [3.05, 3.63) is 72.4 Å². The molecule has 5 aromatic rings. The van der Waals surface area contributed by atoms with Crippen LogP contribution in [-0.2, 0) is 9.47 Å². The highest BCUT2D eigenvalue weighted by molar-refractivity contribution is 5.92. The van der Waals surface area contributed by atoms with E-state index >= 15 is 0 Å². The number of aromatic amines is 2. The van der Waals surface area contributed by atoms with Gasteiger partial charge in [-0.3, -0.25) is 0 Å². The number of amides is 2. The highest BCUT2D eigenvalue weighted by Gasteiger charge is 2.33. The van der Waals surface area contributed by atoms with E-state index in [-0.39, 0.29) is 22.9 Å². The van der Waals surface area contributed by atoms with Crippen LogP contribution in [0.1, 0.15) is 107 Å². The fraction of sp³-hybridized carbons (Fsp3) is 0.450. The molecule has 0 unspecified atom stereocenters. The van der Waals surface area contributed by atoms with Gasteiger partial charge in [0.25, 0.3) is 0 Å². The molecule has 0 aliphatic carbocycles. The van der Waals surface area contributed by atoms with Gasteiger partial charge in [-0.05, 0) is 98.5 Å². The first-order chi connectivity index (χ1) is 23.1. The third-order valence-electron chi connectivity index (χ3n) is 8.18. The van der Waals surface area contributed by atoms with Crippen molar-refractivity contribution >= 4 is 34.0 Å². The highest BCUT2D eigenvalue weighted by atomic mass is 16.6. The number of aromatic nitrogens is 4. The first kappa shape index (κ1) is 36.4. The van der Waals surface area contributed by atoms with Crippen LogP contribution in [0.3, 0.4) is 0 Å². The summed E-state index contributed by atoms with van der Waals surface area (Å²) in [6, 6.07) is 18.1. The molecule has 0 bridgehead atoms. The zero-order chi connectivity index (χ0) is 36.8. The Labute approximate surface area is 295 Å². The van der Waals surface area contributed by atoms with Crippen molar-refractivity contribution in [2.45, 2.75) is 106 Å². The number of hydrogen-bond donors (Lipinski definition) is 4. The normalized spacial score (nSPS) is 14.0. The van der Waals surface area contributed by atoms with Crippen molar-refractivity contribution in [3.63, 3.8) is 0 Å². The van der Waals surface area contributed by atoms with E-state index in [1.807, 2.05) is 53.8 Å². The fourth-order valence-corrected chi connectivity index (χ4v) is 5.81. The van der Waals surface area contributed by atoms with Gasteiger partial charge in [0.2, 0.25) is 0 Å². The van der Waals surface area contributed by atoms with Crippen molar-refractivity contribution in [1.29, 1.82) is 0 Å². The lowest BCUT2D eigenvalue weighted by atomic mass is 9.86. The van der Waals surface area contributed by atoms with Gasteiger partial charge in [0, 0.05) is 5.56 Å². The Balaban J connectivity index is 1.38. The van der Waals surface area contributed by atoms with Crippen LogP contribution in [0, 0.1) is 10.8 Å². The average Bonchev–Trinajstić information content (AvgIpc) is 3.62. The summed E-state index contributed by atoms with van der Waals surface area (Å²) in [5.41, 5.74) is 3.88. The van der Waals surface area contributed by atoms with Crippen molar-refractivity contribution < 1.29 is 19.1 Å². The number of hydrogen-bond acceptors (Lipinski definition) is 6. The minimum absolute atomic E-state index is 0.308. The molecule has 5 rings (SSSR count). The second kappa shape index (κ2) is 13.1. The average molecular weight is 681 g/mol. The van der Waals surface area contributed by atoms with Crippen LogP contribution >= 0.6 is 0 Å². The molecule has 0 spiro atoms. The largest absolute Gasteiger partial charge is 0.444 e. The monoisotopic (exact) mass is 680 g/mol. The van der Waals surface area contributed by atoms with Crippen molar-refractivity contribution in [2.75, 3.05) is 0 Å². The molecule has 0 radical (unpaired) electrons. The molecule has 0 fully saturated rings. The summed E-state index contributed by atoms with van der Waals surface area (Å²) in [6.07, 6.45) is 0.852. The Hall–Kier alpha value is -4.86. The lowest BCUT2D eigenvalue weighted by Crippen LogP contribution is -2.40. The molecule has 50 heavy (non-hydrogen) atoms. The molecular formula is C40H52N6O4. The van der Waals surface area contributed by atoms with Crippen molar-refractivity contribution in [3.8, 4) is 22.4 Å². The van der Waals surface area contributed by atoms with E-state index < -0.39 is 23.4 Å². The Morgan fingerprint density at radius 2 is 1.10 bits per heavy atom. The molecule has 2 aromatic heterocycles. The van der Waals surface area contributed by atoms with Gasteiger partial charge < -0.3 is 30.1 Å². The van der Waals surface area contributed by atoms with E-state index in [0.29, 0.717) is 11.6 Å². The van der Waals surface area contributed by atoms with Gasteiger partial charge in [-0.2, -0.15) is 0 Å². The number of benzene rings is 3. The van der Waals surface area contributed by atoms with E-state index in [2.05, 4.69) is 116 Å². The quantitative estimate of drug-likeness (QED) is 0.141. The first-order valence-electron chi connectivity index (χ1n) is 17.1. The molecule has 0 saturated carbocycles. The van der Waals surface area contributed by atoms with Crippen LogP contribution < -0.4 is 10.6 Å². The van der Waals surface area contributed by atoms with Crippen LogP contribution in [0.15, 0.2) is 60.8 Å². The topological polar surface area (TPSA) is 134 Å². The summed E-state index contributed by atoms with van der Waals surface area (Å²) in [4.78, 5) is 41.7. The van der Waals surface area contributed by atoms with Gasteiger partial charge in [-0.1, -0.05) is 71.9 Å². The summed E-state index contributed by atoms with van der Waals surface area (Å²) in [6.45, 7) is 23.4. The third-order valence-corrected chi connectivity index (χ3v) is 8.18. The first-order valence-corrected chi connectivity index (χ1v) is 17.1. The number of alkyl carbamates (subject to hydrolysis) is 2. The van der Waals surface area contributed by atoms with Crippen LogP contribution in [0.2, 0.25) is 0 Å². The zero-order valence-electron chi connectivity index (χ0n) is 31.5. The lowest BCUT2D eigenvalue weighted by Gasteiger charge is -2.31. The van der Waals surface area contributed by atoms with E-state index in [9.17, 15) is 9.59 Å². The molecule has 4 N–H and O–H groups in total. The maximum Gasteiger partial charge on any atom is 0.408 e. The lowest BCUT2D eigenvalue weighted by molar-refractivity contribution is 0.0448. The molecular weight excluding hydrogens is 628 g/mol. The molecule has 2 amide bonds. The van der Waals surface area contributed by atoms with Gasteiger partial charge in [0.15, 0.2) is 0 Å². The van der Waals surface area contributed by atoms with Gasteiger partial charge >= 0.3 is 12.2 Å². The molecule has 0 aliphatic heterocycles. The molecule has 2 heterocycles. The number of nitrogens with zero attached hydrogens (tertiary/aromatic N) is 2. The van der Waals surface area contributed by atoms with Gasteiger partial charge in [-0.15, -0.1) is 0 Å².